The van der Waals surface area contributed by atoms with Crippen molar-refractivity contribution in [3.05, 3.63) is 18.0 Å². The van der Waals surface area contributed by atoms with E-state index in [9.17, 15) is 0 Å². The number of nitrogens with zero attached hydrogens (tertiary/aromatic N) is 3. The molecule has 1 aromatic heterocycles. The number of ether oxygens (including phenoxy) is 3. The van der Waals surface area contributed by atoms with Crippen LogP contribution in [0, 0.1) is 0 Å². The van der Waals surface area contributed by atoms with Crippen LogP contribution in [0.4, 0.5) is 5.95 Å². The van der Waals surface area contributed by atoms with Crippen molar-refractivity contribution < 1.29 is 14.2 Å². The number of hydrogen-bond acceptors (Lipinski definition) is 6. The highest BCUT2D eigenvalue weighted by atomic mass is 16.6. The van der Waals surface area contributed by atoms with Crippen LogP contribution in [0.25, 0.3) is 0 Å². The maximum absolute atomic E-state index is 5.89. The van der Waals surface area contributed by atoms with Crippen molar-refractivity contribution >= 4 is 5.95 Å². The van der Waals surface area contributed by atoms with Crippen LogP contribution in [0.2, 0.25) is 0 Å². The first kappa shape index (κ1) is 15.6. The van der Waals surface area contributed by atoms with E-state index in [1.54, 1.807) is 7.11 Å². The van der Waals surface area contributed by atoms with Gasteiger partial charge in [0.15, 0.2) is 0 Å². The summed E-state index contributed by atoms with van der Waals surface area (Å²) in [5.74, 6) is 0.714. The molecule has 0 amide bonds. The minimum atomic E-state index is -0.00174. The number of hydrogen-bond donors (Lipinski definition) is 0. The normalized spacial score (nSPS) is 31.3. The van der Waals surface area contributed by atoms with Crippen molar-refractivity contribution in [2.45, 2.75) is 50.5 Å². The van der Waals surface area contributed by atoms with E-state index in [0.29, 0.717) is 19.2 Å². The fraction of sp³-hybridized carbons (Fsp3) is 0.750. The molecule has 0 unspecified atom stereocenters. The van der Waals surface area contributed by atoms with Crippen LogP contribution >= 0.6 is 0 Å². The summed E-state index contributed by atoms with van der Waals surface area (Å²) in [5, 5.41) is 0. The van der Waals surface area contributed by atoms with Crippen molar-refractivity contribution in [2.75, 3.05) is 32.3 Å². The average Bonchev–Trinajstić information content (AvgIpc) is 3.07. The molecule has 0 saturated carbocycles. The summed E-state index contributed by atoms with van der Waals surface area (Å²) in [5.41, 5.74) is 1.03. The summed E-state index contributed by atoms with van der Waals surface area (Å²) in [6.07, 6.45) is 1.85. The van der Waals surface area contributed by atoms with Crippen molar-refractivity contribution in [3.63, 3.8) is 0 Å². The summed E-state index contributed by atoms with van der Waals surface area (Å²) in [4.78, 5) is 11.2. The van der Waals surface area contributed by atoms with E-state index in [-0.39, 0.29) is 29.8 Å². The van der Waals surface area contributed by atoms with Crippen LogP contribution in [0.15, 0.2) is 12.3 Å². The second kappa shape index (κ2) is 5.76. The lowest BCUT2D eigenvalue weighted by Crippen LogP contribution is -2.43. The van der Waals surface area contributed by atoms with E-state index in [1.807, 2.05) is 19.3 Å². The molecule has 0 bridgehead atoms. The van der Waals surface area contributed by atoms with E-state index in [4.69, 9.17) is 19.2 Å². The molecule has 3 rings (SSSR count). The molecule has 2 aliphatic rings. The molecule has 0 N–H and O–H groups in total. The van der Waals surface area contributed by atoms with Gasteiger partial charge < -0.3 is 19.1 Å². The molecular formula is C16H25N3O3. The van der Waals surface area contributed by atoms with Gasteiger partial charge in [0, 0.05) is 25.8 Å². The Hall–Kier alpha value is -1.24. The fourth-order valence-electron chi connectivity index (χ4n) is 3.06. The van der Waals surface area contributed by atoms with Gasteiger partial charge in [0.1, 0.15) is 18.3 Å². The largest absolute Gasteiger partial charge is 0.376 e. The van der Waals surface area contributed by atoms with Crippen molar-refractivity contribution in [1.82, 2.24) is 9.97 Å². The van der Waals surface area contributed by atoms with Gasteiger partial charge in [-0.3, -0.25) is 0 Å². The molecule has 0 radical (unpaired) electrons. The fourth-order valence-corrected chi connectivity index (χ4v) is 3.06. The maximum atomic E-state index is 5.89. The summed E-state index contributed by atoms with van der Waals surface area (Å²) in [7, 11) is 3.70. The number of likely N-dealkylation sites (N-methyl/N-ethyl adjacent to an activating group) is 1. The van der Waals surface area contributed by atoms with Crippen molar-refractivity contribution in [2.24, 2.45) is 0 Å². The predicted molar refractivity (Wildman–Crippen MR) is 83.2 cm³/mol. The minimum Gasteiger partial charge on any atom is -0.376 e. The molecule has 2 aliphatic heterocycles. The Morgan fingerprint density at radius 2 is 1.95 bits per heavy atom. The quantitative estimate of drug-likeness (QED) is 0.841. The monoisotopic (exact) mass is 307 g/mol. The average molecular weight is 307 g/mol. The highest BCUT2D eigenvalue weighted by Gasteiger charge is 2.49. The van der Waals surface area contributed by atoms with Crippen molar-refractivity contribution in [3.8, 4) is 0 Å². The number of rotatable bonds is 3. The van der Waals surface area contributed by atoms with E-state index in [2.05, 4.69) is 30.7 Å². The first-order valence-electron chi connectivity index (χ1n) is 7.74. The molecule has 122 valence electrons. The molecule has 22 heavy (non-hydrogen) atoms. The third kappa shape index (κ3) is 2.71. The van der Waals surface area contributed by atoms with Gasteiger partial charge in [-0.2, -0.15) is 0 Å². The zero-order valence-electron chi connectivity index (χ0n) is 13.9. The zero-order valence-corrected chi connectivity index (χ0v) is 13.9. The van der Waals surface area contributed by atoms with Crippen LogP contribution in [-0.2, 0) is 19.6 Å². The van der Waals surface area contributed by atoms with Crippen LogP contribution in [0.3, 0.4) is 0 Å². The van der Waals surface area contributed by atoms with E-state index < -0.39 is 0 Å². The lowest BCUT2D eigenvalue weighted by molar-refractivity contribution is -0.00783. The van der Waals surface area contributed by atoms with Crippen molar-refractivity contribution in [1.29, 1.82) is 0 Å². The van der Waals surface area contributed by atoms with Gasteiger partial charge in [0.25, 0.3) is 0 Å². The number of anilines is 1. The smallest absolute Gasteiger partial charge is 0.225 e. The Kier molecular flexibility index (Phi) is 4.09. The molecule has 4 atom stereocenters. The molecule has 6 nitrogen and oxygen atoms in total. The zero-order chi connectivity index (χ0) is 15.9. The lowest BCUT2D eigenvalue weighted by atomic mass is 9.92. The standard InChI is InChI=1S/C16H25N3O3/c1-16(2,3)12-6-7-17-15(18-12)19(4)10-8-21-14-11(20-5)9-22-13(10)14/h6-7,10-11,13-14H,8-9H2,1-5H3/t10-,11-,13-,14+/m1/s1. The molecule has 3 heterocycles. The second-order valence-electron chi connectivity index (χ2n) is 7.04. The third-order valence-corrected chi connectivity index (χ3v) is 4.51. The van der Waals surface area contributed by atoms with E-state index in [1.165, 1.54) is 0 Å². The molecule has 0 aliphatic carbocycles. The Morgan fingerprint density at radius 3 is 2.64 bits per heavy atom. The SMILES string of the molecule is CO[C@@H]1CO[C@H]2[C@H]1OC[C@H]2N(C)c1nccc(C(C)(C)C)n1. The molecule has 6 heteroatoms. The Labute approximate surface area is 131 Å². The highest BCUT2D eigenvalue weighted by molar-refractivity contribution is 5.34. The Bertz CT molecular complexity index is 532. The Morgan fingerprint density at radius 1 is 1.23 bits per heavy atom. The van der Waals surface area contributed by atoms with Gasteiger partial charge >= 0.3 is 0 Å². The third-order valence-electron chi connectivity index (χ3n) is 4.51. The predicted octanol–water partition coefficient (Wildman–Crippen LogP) is 1.39. The summed E-state index contributed by atoms with van der Waals surface area (Å²) < 4.78 is 17.2. The van der Waals surface area contributed by atoms with E-state index in [0.717, 1.165) is 5.69 Å². The molecule has 0 spiro atoms. The molecule has 2 fully saturated rings. The first-order chi connectivity index (χ1) is 10.4. The molecule has 1 aromatic rings. The van der Waals surface area contributed by atoms with Gasteiger partial charge in [-0.25, -0.2) is 9.97 Å². The summed E-state index contributed by atoms with van der Waals surface area (Å²) >= 11 is 0. The van der Waals surface area contributed by atoms with Crippen LogP contribution in [-0.4, -0.2) is 61.7 Å². The van der Waals surface area contributed by atoms with E-state index >= 15 is 0 Å². The summed E-state index contributed by atoms with van der Waals surface area (Å²) in [6.45, 7) is 7.64. The second-order valence-corrected chi connectivity index (χ2v) is 7.04. The molecule has 0 aromatic carbocycles. The summed E-state index contributed by atoms with van der Waals surface area (Å²) in [6, 6.07) is 2.08. The van der Waals surface area contributed by atoms with Gasteiger partial charge in [-0.15, -0.1) is 0 Å². The van der Waals surface area contributed by atoms with Gasteiger partial charge in [0.2, 0.25) is 5.95 Å². The van der Waals surface area contributed by atoms with Gasteiger partial charge in [-0.05, 0) is 6.07 Å². The topological polar surface area (TPSA) is 56.7 Å². The molecular weight excluding hydrogens is 282 g/mol. The lowest BCUT2D eigenvalue weighted by Gasteiger charge is -2.28. The first-order valence-corrected chi connectivity index (χ1v) is 7.74. The number of aromatic nitrogens is 2. The Balaban J connectivity index is 1.79. The maximum Gasteiger partial charge on any atom is 0.225 e. The van der Waals surface area contributed by atoms with Gasteiger partial charge in [0.05, 0.1) is 24.9 Å². The minimum absolute atomic E-state index is 0.00174. The number of fused-ring (bicyclic) bond motifs is 1. The van der Waals surface area contributed by atoms with Gasteiger partial charge in [-0.1, -0.05) is 20.8 Å². The van der Waals surface area contributed by atoms with Crippen LogP contribution < -0.4 is 4.90 Å². The molecule has 2 saturated heterocycles. The number of methoxy groups -OCH3 is 1. The van der Waals surface area contributed by atoms with Crippen LogP contribution in [0.5, 0.6) is 0 Å². The van der Waals surface area contributed by atoms with Crippen LogP contribution in [0.1, 0.15) is 26.5 Å². The highest BCUT2D eigenvalue weighted by Crippen LogP contribution is 2.32.